The SMILES string of the molecule is CCCN(CC)C1(CN)CCCCC1(C)C. The van der Waals surface area contributed by atoms with Gasteiger partial charge >= 0.3 is 0 Å². The summed E-state index contributed by atoms with van der Waals surface area (Å²) in [5.41, 5.74) is 6.79. The van der Waals surface area contributed by atoms with Crippen LogP contribution in [0.25, 0.3) is 0 Å². The molecule has 16 heavy (non-hydrogen) atoms. The lowest BCUT2D eigenvalue weighted by molar-refractivity contribution is -0.0412. The summed E-state index contributed by atoms with van der Waals surface area (Å²) in [5.74, 6) is 0. The molecule has 2 heteroatoms. The summed E-state index contributed by atoms with van der Waals surface area (Å²) in [6.45, 7) is 12.5. The van der Waals surface area contributed by atoms with Gasteiger partial charge in [-0.25, -0.2) is 0 Å². The molecule has 0 saturated heterocycles. The van der Waals surface area contributed by atoms with Gasteiger partial charge in [-0.05, 0) is 37.8 Å². The van der Waals surface area contributed by atoms with Crippen molar-refractivity contribution < 1.29 is 0 Å². The summed E-state index contributed by atoms with van der Waals surface area (Å²) in [7, 11) is 0. The molecule has 0 heterocycles. The van der Waals surface area contributed by atoms with Gasteiger partial charge in [0, 0.05) is 12.1 Å². The highest BCUT2D eigenvalue weighted by Crippen LogP contribution is 2.46. The summed E-state index contributed by atoms with van der Waals surface area (Å²) in [6, 6.07) is 0. The largest absolute Gasteiger partial charge is 0.329 e. The lowest BCUT2D eigenvalue weighted by Gasteiger charge is -2.56. The van der Waals surface area contributed by atoms with Gasteiger partial charge in [-0.1, -0.05) is 40.5 Å². The van der Waals surface area contributed by atoms with E-state index in [0.29, 0.717) is 5.41 Å². The average Bonchev–Trinajstić information content (AvgIpc) is 2.26. The molecular weight excluding hydrogens is 196 g/mol. The summed E-state index contributed by atoms with van der Waals surface area (Å²) in [5, 5.41) is 0. The van der Waals surface area contributed by atoms with Crippen LogP contribution in [0.5, 0.6) is 0 Å². The number of likely N-dealkylation sites (N-methyl/N-ethyl adjacent to an activating group) is 1. The van der Waals surface area contributed by atoms with Gasteiger partial charge in [-0.15, -0.1) is 0 Å². The van der Waals surface area contributed by atoms with Crippen LogP contribution >= 0.6 is 0 Å². The van der Waals surface area contributed by atoms with Crippen molar-refractivity contribution in [3.05, 3.63) is 0 Å². The fourth-order valence-corrected chi connectivity index (χ4v) is 3.59. The fraction of sp³-hybridized carbons (Fsp3) is 1.00. The minimum Gasteiger partial charge on any atom is -0.329 e. The zero-order chi connectivity index (χ0) is 12.2. The van der Waals surface area contributed by atoms with E-state index in [4.69, 9.17) is 5.73 Å². The lowest BCUT2D eigenvalue weighted by atomic mass is 9.62. The van der Waals surface area contributed by atoms with Gasteiger partial charge in [0.1, 0.15) is 0 Å². The minimum absolute atomic E-state index is 0.246. The van der Waals surface area contributed by atoms with Crippen molar-refractivity contribution in [2.24, 2.45) is 11.1 Å². The third-order valence-electron chi connectivity index (χ3n) is 4.72. The van der Waals surface area contributed by atoms with Gasteiger partial charge in [0.05, 0.1) is 0 Å². The molecule has 0 radical (unpaired) electrons. The lowest BCUT2D eigenvalue weighted by Crippen LogP contribution is -2.63. The van der Waals surface area contributed by atoms with Crippen LogP contribution in [0.1, 0.15) is 59.8 Å². The van der Waals surface area contributed by atoms with Crippen molar-refractivity contribution in [2.45, 2.75) is 65.3 Å². The van der Waals surface area contributed by atoms with E-state index in [9.17, 15) is 0 Å². The average molecular weight is 226 g/mol. The summed E-state index contributed by atoms with van der Waals surface area (Å²) in [4.78, 5) is 2.64. The van der Waals surface area contributed by atoms with Gasteiger partial charge in [0.2, 0.25) is 0 Å². The fourth-order valence-electron chi connectivity index (χ4n) is 3.59. The zero-order valence-corrected chi connectivity index (χ0v) is 11.7. The molecule has 0 aromatic heterocycles. The maximum atomic E-state index is 6.18. The first-order chi connectivity index (χ1) is 7.54. The monoisotopic (exact) mass is 226 g/mol. The molecule has 1 unspecified atom stereocenters. The van der Waals surface area contributed by atoms with Crippen molar-refractivity contribution in [1.82, 2.24) is 4.90 Å². The van der Waals surface area contributed by atoms with Crippen LogP contribution in [0.2, 0.25) is 0 Å². The Kier molecular flexibility index (Phi) is 4.81. The molecule has 0 aliphatic heterocycles. The van der Waals surface area contributed by atoms with Gasteiger partial charge in [-0.2, -0.15) is 0 Å². The molecule has 1 fully saturated rings. The maximum Gasteiger partial charge on any atom is 0.0382 e. The molecule has 0 amide bonds. The molecule has 1 atom stereocenters. The molecule has 0 aromatic rings. The van der Waals surface area contributed by atoms with E-state index in [-0.39, 0.29) is 5.54 Å². The van der Waals surface area contributed by atoms with E-state index in [1.165, 1.54) is 38.6 Å². The molecule has 1 rings (SSSR count). The minimum atomic E-state index is 0.246. The number of hydrogen-bond donors (Lipinski definition) is 1. The molecule has 1 aliphatic rings. The molecule has 1 saturated carbocycles. The van der Waals surface area contributed by atoms with Gasteiger partial charge < -0.3 is 5.73 Å². The number of rotatable bonds is 5. The predicted molar refractivity (Wildman–Crippen MR) is 71.6 cm³/mol. The summed E-state index contributed by atoms with van der Waals surface area (Å²) < 4.78 is 0. The molecule has 1 aliphatic carbocycles. The Morgan fingerprint density at radius 2 is 1.75 bits per heavy atom. The third-order valence-corrected chi connectivity index (χ3v) is 4.72. The van der Waals surface area contributed by atoms with E-state index in [0.717, 1.165) is 13.1 Å². The Morgan fingerprint density at radius 1 is 1.12 bits per heavy atom. The third kappa shape index (κ3) is 2.28. The topological polar surface area (TPSA) is 29.3 Å². The molecule has 0 bridgehead atoms. The van der Waals surface area contributed by atoms with Crippen LogP contribution in [0.3, 0.4) is 0 Å². The Labute approximate surface area is 102 Å². The highest BCUT2D eigenvalue weighted by atomic mass is 15.2. The Hall–Kier alpha value is -0.0800. The number of nitrogens with zero attached hydrogens (tertiary/aromatic N) is 1. The van der Waals surface area contributed by atoms with E-state index in [1.807, 2.05) is 0 Å². The normalized spacial score (nSPS) is 29.6. The number of nitrogens with two attached hydrogens (primary N) is 1. The van der Waals surface area contributed by atoms with Crippen LogP contribution in [0.4, 0.5) is 0 Å². The Bertz CT molecular complexity index is 213. The first kappa shape index (κ1) is 14.0. The van der Waals surface area contributed by atoms with E-state index >= 15 is 0 Å². The van der Waals surface area contributed by atoms with Crippen molar-refractivity contribution in [1.29, 1.82) is 0 Å². The molecule has 0 spiro atoms. The second-order valence-electron chi connectivity index (χ2n) is 5.91. The molecule has 0 aromatic carbocycles. The van der Waals surface area contributed by atoms with Crippen molar-refractivity contribution in [3.63, 3.8) is 0 Å². The maximum absolute atomic E-state index is 6.18. The van der Waals surface area contributed by atoms with Gasteiger partial charge in [0.15, 0.2) is 0 Å². The predicted octanol–water partition coefficient (Wildman–Crippen LogP) is 3.02. The van der Waals surface area contributed by atoms with Gasteiger partial charge in [-0.3, -0.25) is 4.90 Å². The second kappa shape index (κ2) is 5.50. The van der Waals surface area contributed by atoms with Crippen LogP contribution < -0.4 is 5.73 Å². The van der Waals surface area contributed by atoms with Crippen LogP contribution in [-0.2, 0) is 0 Å². The molecule has 2 N–H and O–H groups in total. The van der Waals surface area contributed by atoms with Crippen LogP contribution in [0, 0.1) is 5.41 Å². The van der Waals surface area contributed by atoms with Crippen molar-refractivity contribution in [2.75, 3.05) is 19.6 Å². The first-order valence-corrected chi connectivity index (χ1v) is 6.99. The zero-order valence-electron chi connectivity index (χ0n) is 11.7. The second-order valence-corrected chi connectivity index (χ2v) is 5.91. The Balaban J connectivity index is 2.95. The molecule has 2 nitrogen and oxygen atoms in total. The van der Waals surface area contributed by atoms with E-state index in [2.05, 4.69) is 32.6 Å². The smallest absolute Gasteiger partial charge is 0.0382 e. The van der Waals surface area contributed by atoms with Crippen molar-refractivity contribution in [3.8, 4) is 0 Å². The summed E-state index contributed by atoms with van der Waals surface area (Å²) >= 11 is 0. The van der Waals surface area contributed by atoms with E-state index < -0.39 is 0 Å². The first-order valence-electron chi connectivity index (χ1n) is 6.99. The Morgan fingerprint density at radius 3 is 2.19 bits per heavy atom. The van der Waals surface area contributed by atoms with E-state index in [1.54, 1.807) is 0 Å². The van der Waals surface area contributed by atoms with Crippen molar-refractivity contribution >= 4 is 0 Å². The van der Waals surface area contributed by atoms with Crippen LogP contribution in [-0.4, -0.2) is 30.1 Å². The quantitative estimate of drug-likeness (QED) is 0.781. The highest BCUT2D eigenvalue weighted by Gasteiger charge is 2.48. The van der Waals surface area contributed by atoms with Gasteiger partial charge in [0.25, 0.3) is 0 Å². The standard InChI is InChI=1S/C14H30N2/c1-5-11-16(6-2)14(12-15)10-8-7-9-13(14,3)4/h5-12,15H2,1-4H3. The highest BCUT2D eigenvalue weighted by molar-refractivity contribution is 5.04. The number of hydrogen-bond acceptors (Lipinski definition) is 2. The molecule has 96 valence electrons. The van der Waals surface area contributed by atoms with Crippen LogP contribution in [0.15, 0.2) is 0 Å². The summed E-state index contributed by atoms with van der Waals surface area (Å²) in [6.07, 6.45) is 6.56. The molecular formula is C14H30N2.